The number of esters is 1. The van der Waals surface area contributed by atoms with E-state index >= 15 is 0 Å². The van der Waals surface area contributed by atoms with Crippen molar-refractivity contribution in [3.05, 3.63) is 33.8 Å². The number of hydrogen-bond acceptors (Lipinski definition) is 3. The first-order valence-corrected chi connectivity index (χ1v) is 5.62. The summed E-state index contributed by atoms with van der Waals surface area (Å²) in [6, 6.07) is 4.67. The van der Waals surface area contributed by atoms with Crippen LogP contribution in [0.15, 0.2) is 18.2 Å². The summed E-state index contributed by atoms with van der Waals surface area (Å²) in [6.45, 7) is 0. The quantitative estimate of drug-likeness (QED) is 0.843. The molecule has 1 aromatic rings. The molecule has 1 N–H and O–H groups in total. The van der Waals surface area contributed by atoms with E-state index in [1.165, 1.54) is 6.07 Å². The van der Waals surface area contributed by atoms with E-state index < -0.39 is 24.0 Å². The highest BCUT2D eigenvalue weighted by Crippen LogP contribution is 2.37. The number of halogens is 2. The Morgan fingerprint density at radius 2 is 2.06 bits per heavy atom. The lowest BCUT2D eigenvalue weighted by Crippen LogP contribution is -2.17. The molecule has 0 saturated carbocycles. The van der Waals surface area contributed by atoms with Crippen molar-refractivity contribution in [1.82, 2.24) is 0 Å². The summed E-state index contributed by atoms with van der Waals surface area (Å²) in [7, 11) is 0. The first-order valence-electron chi connectivity index (χ1n) is 4.86. The van der Waals surface area contributed by atoms with Crippen LogP contribution < -0.4 is 0 Å². The predicted molar refractivity (Wildman–Crippen MR) is 61.0 cm³/mol. The van der Waals surface area contributed by atoms with Crippen LogP contribution in [0.1, 0.15) is 18.1 Å². The smallest absolute Gasteiger partial charge is 0.311 e. The van der Waals surface area contributed by atoms with E-state index in [0.29, 0.717) is 15.6 Å². The summed E-state index contributed by atoms with van der Waals surface area (Å²) >= 11 is 11.6. The van der Waals surface area contributed by atoms with Crippen molar-refractivity contribution in [2.45, 2.75) is 12.5 Å². The Kier molecular flexibility index (Phi) is 3.26. The van der Waals surface area contributed by atoms with E-state index in [1.807, 2.05) is 0 Å². The van der Waals surface area contributed by atoms with Gasteiger partial charge >= 0.3 is 11.9 Å². The molecule has 0 aromatic heterocycles. The number of carbonyl (C=O) groups is 2. The van der Waals surface area contributed by atoms with Crippen molar-refractivity contribution in [3.8, 4) is 0 Å². The maximum atomic E-state index is 11.1. The highest BCUT2D eigenvalue weighted by molar-refractivity contribution is 6.42. The zero-order valence-electron chi connectivity index (χ0n) is 8.52. The lowest BCUT2D eigenvalue weighted by molar-refractivity contribution is -0.144. The monoisotopic (exact) mass is 274 g/mol. The lowest BCUT2D eigenvalue weighted by atomic mass is 9.95. The zero-order valence-corrected chi connectivity index (χ0v) is 10.0. The van der Waals surface area contributed by atoms with Gasteiger partial charge in [0, 0.05) is 0 Å². The SMILES string of the molecule is O=C1CC(C(=O)O)C(c2ccc(Cl)c(Cl)c2)O1. The molecule has 1 fully saturated rings. The maximum Gasteiger partial charge on any atom is 0.311 e. The highest BCUT2D eigenvalue weighted by Gasteiger charge is 2.40. The van der Waals surface area contributed by atoms with Gasteiger partial charge in [0.25, 0.3) is 0 Å². The van der Waals surface area contributed by atoms with Crippen LogP contribution in [-0.2, 0) is 14.3 Å². The van der Waals surface area contributed by atoms with Gasteiger partial charge in [-0.05, 0) is 17.7 Å². The minimum absolute atomic E-state index is 0.125. The fraction of sp³-hybridized carbons (Fsp3) is 0.273. The van der Waals surface area contributed by atoms with Crippen LogP contribution in [0, 0.1) is 5.92 Å². The standard InChI is InChI=1S/C11H8Cl2O4/c12-7-2-1-5(3-8(7)13)10-6(11(15)16)4-9(14)17-10/h1-3,6,10H,4H2,(H,15,16). The van der Waals surface area contributed by atoms with Crippen LogP contribution in [0.2, 0.25) is 10.0 Å². The van der Waals surface area contributed by atoms with Crippen molar-refractivity contribution in [3.63, 3.8) is 0 Å². The van der Waals surface area contributed by atoms with E-state index in [9.17, 15) is 9.59 Å². The van der Waals surface area contributed by atoms with Gasteiger partial charge in [-0.1, -0.05) is 29.3 Å². The van der Waals surface area contributed by atoms with E-state index in [-0.39, 0.29) is 6.42 Å². The first kappa shape index (κ1) is 12.2. The average molecular weight is 275 g/mol. The zero-order chi connectivity index (χ0) is 12.6. The Morgan fingerprint density at radius 3 is 2.65 bits per heavy atom. The number of benzene rings is 1. The summed E-state index contributed by atoms with van der Waals surface area (Å²) in [4.78, 5) is 22.1. The minimum Gasteiger partial charge on any atom is -0.481 e. The summed E-state index contributed by atoms with van der Waals surface area (Å²) in [5.41, 5.74) is 0.539. The Hall–Kier alpha value is -1.26. The summed E-state index contributed by atoms with van der Waals surface area (Å²) in [5.74, 6) is -2.46. The topological polar surface area (TPSA) is 63.6 Å². The minimum atomic E-state index is -1.06. The molecule has 1 saturated heterocycles. The molecular formula is C11H8Cl2O4. The van der Waals surface area contributed by atoms with Gasteiger partial charge in [-0.15, -0.1) is 0 Å². The second-order valence-corrected chi connectivity index (χ2v) is 4.55. The number of carbonyl (C=O) groups excluding carboxylic acids is 1. The van der Waals surface area contributed by atoms with Gasteiger partial charge in [-0.3, -0.25) is 9.59 Å². The van der Waals surface area contributed by atoms with Crippen LogP contribution >= 0.6 is 23.2 Å². The third-order valence-electron chi connectivity index (χ3n) is 2.60. The molecule has 0 spiro atoms. The average Bonchev–Trinajstić information content (AvgIpc) is 2.64. The number of aliphatic carboxylic acids is 1. The largest absolute Gasteiger partial charge is 0.481 e. The highest BCUT2D eigenvalue weighted by atomic mass is 35.5. The molecule has 2 atom stereocenters. The molecule has 1 aliphatic heterocycles. The Bertz CT molecular complexity index is 486. The van der Waals surface area contributed by atoms with Crippen LogP contribution in [0.5, 0.6) is 0 Å². The second kappa shape index (κ2) is 4.55. The van der Waals surface area contributed by atoms with Crippen LogP contribution in [0.4, 0.5) is 0 Å². The van der Waals surface area contributed by atoms with Crippen molar-refractivity contribution < 1.29 is 19.4 Å². The van der Waals surface area contributed by atoms with Gasteiger partial charge in [-0.2, -0.15) is 0 Å². The van der Waals surface area contributed by atoms with Crippen molar-refractivity contribution in [2.75, 3.05) is 0 Å². The van der Waals surface area contributed by atoms with E-state index in [1.54, 1.807) is 12.1 Å². The molecule has 4 nitrogen and oxygen atoms in total. The second-order valence-electron chi connectivity index (χ2n) is 3.73. The molecule has 2 rings (SSSR count). The van der Waals surface area contributed by atoms with Gasteiger partial charge in [0.2, 0.25) is 0 Å². The Morgan fingerprint density at radius 1 is 1.35 bits per heavy atom. The van der Waals surface area contributed by atoms with Gasteiger partial charge in [0.15, 0.2) is 0 Å². The molecule has 0 aliphatic carbocycles. The number of carboxylic acid groups (broad SMARTS) is 1. The number of ether oxygens (including phenoxy) is 1. The summed E-state index contributed by atoms with van der Waals surface area (Å²) in [5, 5.41) is 9.66. The third-order valence-corrected chi connectivity index (χ3v) is 3.34. The normalized spacial score (nSPS) is 23.5. The van der Waals surface area contributed by atoms with Crippen molar-refractivity contribution >= 4 is 35.1 Å². The predicted octanol–water partition coefficient (Wildman–Crippen LogP) is 2.68. The fourth-order valence-electron chi connectivity index (χ4n) is 1.76. The molecule has 90 valence electrons. The molecule has 2 unspecified atom stereocenters. The number of rotatable bonds is 2. The number of cyclic esters (lactones) is 1. The van der Waals surface area contributed by atoms with Crippen LogP contribution in [-0.4, -0.2) is 17.0 Å². The molecule has 0 amide bonds. The molecule has 6 heteroatoms. The van der Waals surface area contributed by atoms with Crippen LogP contribution in [0.25, 0.3) is 0 Å². The lowest BCUT2D eigenvalue weighted by Gasteiger charge is -2.14. The fourth-order valence-corrected chi connectivity index (χ4v) is 2.07. The molecule has 0 bridgehead atoms. The van der Waals surface area contributed by atoms with Crippen molar-refractivity contribution in [2.24, 2.45) is 5.92 Å². The Balaban J connectivity index is 2.34. The maximum absolute atomic E-state index is 11.1. The van der Waals surface area contributed by atoms with Crippen LogP contribution in [0.3, 0.4) is 0 Å². The first-order chi connectivity index (χ1) is 7.99. The van der Waals surface area contributed by atoms with E-state index in [2.05, 4.69) is 0 Å². The van der Waals surface area contributed by atoms with Crippen molar-refractivity contribution in [1.29, 1.82) is 0 Å². The van der Waals surface area contributed by atoms with Gasteiger partial charge in [-0.25, -0.2) is 0 Å². The molecule has 1 heterocycles. The number of hydrogen-bond donors (Lipinski definition) is 1. The molecule has 0 radical (unpaired) electrons. The molecule has 1 aromatic carbocycles. The third kappa shape index (κ3) is 2.37. The summed E-state index contributed by atoms with van der Waals surface area (Å²) in [6.07, 6.45) is -0.921. The van der Waals surface area contributed by atoms with E-state index in [0.717, 1.165) is 0 Å². The van der Waals surface area contributed by atoms with Gasteiger partial charge in [0.05, 0.1) is 16.5 Å². The molecule has 1 aliphatic rings. The number of carboxylic acids is 1. The molecular weight excluding hydrogens is 267 g/mol. The van der Waals surface area contributed by atoms with Gasteiger partial charge < -0.3 is 9.84 Å². The van der Waals surface area contributed by atoms with Gasteiger partial charge in [0.1, 0.15) is 12.0 Å². The van der Waals surface area contributed by atoms with E-state index in [4.69, 9.17) is 33.0 Å². The Labute approximate surface area is 107 Å². The molecule has 17 heavy (non-hydrogen) atoms. The summed E-state index contributed by atoms with van der Waals surface area (Å²) < 4.78 is 4.99.